The van der Waals surface area contributed by atoms with Crippen molar-refractivity contribution in [3.8, 4) is 0 Å². The number of rotatable bonds is 8. The highest BCUT2D eigenvalue weighted by atomic mass is 16.2. The molecule has 1 aliphatic heterocycles. The number of benzene rings is 1. The third-order valence-corrected chi connectivity index (χ3v) is 5.94. The Balaban J connectivity index is 1.45. The molecule has 8 nitrogen and oxygen atoms in total. The predicted molar refractivity (Wildman–Crippen MR) is 125 cm³/mol. The Kier molecular flexibility index (Phi) is 7.66. The van der Waals surface area contributed by atoms with Crippen molar-refractivity contribution in [2.24, 2.45) is 11.3 Å². The van der Waals surface area contributed by atoms with E-state index in [1.165, 1.54) is 0 Å². The Bertz CT molecular complexity index is 1010. The Morgan fingerprint density at radius 3 is 2.59 bits per heavy atom. The molecule has 0 unspecified atom stereocenters. The van der Waals surface area contributed by atoms with E-state index in [1.807, 2.05) is 25.1 Å². The number of nitrogens with zero attached hydrogens (tertiary/aromatic N) is 3. The largest absolute Gasteiger partial charge is 0.355 e. The lowest BCUT2D eigenvalue weighted by atomic mass is 9.91. The predicted octanol–water partition coefficient (Wildman–Crippen LogP) is 1.80. The molecule has 0 atom stereocenters. The van der Waals surface area contributed by atoms with Crippen LogP contribution in [0.1, 0.15) is 38.9 Å². The molecule has 174 valence electrons. The number of carbonyl (C=O) groups excluding carboxylic acids is 2. The maximum Gasteiger partial charge on any atom is 0.258 e. The third kappa shape index (κ3) is 6.38. The lowest BCUT2D eigenvalue weighted by molar-refractivity contribution is -0.135. The number of aromatic amines is 1. The number of amides is 2. The van der Waals surface area contributed by atoms with E-state index in [1.54, 1.807) is 18.2 Å². The maximum atomic E-state index is 12.7. The van der Waals surface area contributed by atoms with E-state index < -0.39 is 0 Å². The summed E-state index contributed by atoms with van der Waals surface area (Å²) in [5, 5.41) is 3.65. The Morgan fingerprint density at radius 1 is 1.22 bits per heavy atom. The van der Waals surface area contributed by atoms with Gasteiger partial charge in [-0.15, -0.1) is 0 Å². The number of aryl methyl sites for hydroxylation is 1. The maximum absolute atomic E-state index is 12.7. The summed E-state index contributed by atoms with van der Waals surface area (Å²) in [6.45, 7) is 7.00. The summed E-state index contributed by atoms with van der Waals surface area (Å²) < 4.78 is 0. The summed E-state index contributed by atoms with van der Waals surface area (Å²) in [5.41, 5.74) is 0.464. The highest BCUT2D eigenvalue weighted by molar-refractivity contribution is 5.80. The van der Waals surface area contributed by atoms with Gasteiger partial charge in [0.05, 0.1) is 10.9 Å². The molecule has 2 aromatic rings. The second-order valence-corrected chi connectivity index (χ2v) is 9.80. The summed E-state index contributed by atoms with van der Waals surface area (Å²) in [6, 6.07) is 7.18. The quantitative estimate of drug-likeness (QED) is 0.651. The number of para-hydroxylation sites is 1. The van der Waals surface area contributed by atoms with Gasteiger partial charge in [0.25, 0.3) is 5.56 Å². The fourth-order valence-electron chi connectivity index (χ4n) is 4.41. The van der Waals surface area contributed by atoms with Gasteiger partial charge in [-0.05, 0) is 44.5 Å². The monoisotopic (exact) mass is 441 g/mol. The SMILES string of the molecule is CN(C)CC(C)(C)CNC(=O)C1CCN(C(=O)CCc2nc3ccccc3c(=O)[nH]2)CC1. The normalized spacial score (nSPS) is 15.3. The van der Waals surface area contributed by atoms with Crippen LogP contribution in [0.25, 0.3) is 10.9 Å². The van der Waals surface area contributed by atoms with E-state index in [9.17, 15) is 14.4 Å². The van der Waals surface area contributed by atoms with Crippen LogP contribution in [-0.2, 0) is 16.0 Å². The van der Waals surface area contributed by atoms with Crippen LogP contribution >= 0.6 is 0 Å². The van der Waals surface area contributed by atoms with Gasteiger partial charge in [0.2, 0.25) is 11.8 Å². The molecule has 2 amide bonds. The van der Waals surface area contributed by atoms with Crippen LogP contribution in [0.15, 0.2) is 29.1 Å². The van der Waals surface area contributed by atoms with E-state index in [-0.39, 0.29) is 35.1 Å². The first-order valence-electron chi connectivity index (χ1n) is 11.3. The number of nitrogens with one attached hydrogen (secondary N) is 2. The van der Waals surface area contributed by atoms with Crippen LogP contribution in [0.5, 0.6) is 0 Å². The average molecular weight is 442 g/mol. The molecule has 0 radical (unpaired) electrons. The van der Waals surface area contributed by atoms with Crippen LogP contribution in [0.3, 0.4) is 0 Å². The summed E-state index contributed by atoms with van der Waals surface area (Å²) in [4.78, 5) is 48.6. The standard InChI is InChI=1S/C24H35N5O3/c1-24(2,16-28(3)4)15-25-22(31)17-11-13-29(14-12-17)21(30)10-9-20-26-19-8-6-5-7-18(19)23(32)27-20/h5-8,17H,9-16H2,1-4H3,(H,25,31)(H,26,27,32). The first kappa shape index (κ1) is 23.9. The minimum absolute atomic E-state index is 0.00754. The van der Waals surface area contributed by atoms with Crippen molar-refractivity contribution in [3.05, 3.63) is 40.4 Å². The average Bonchev–Trinajstić information content (AvgIpc) is 2.75. The van der Waals surface area contributed by atoms with Crippen LogP contribution < -0.4 is 10.9 Å². The lowest BCUT2D eigenvalue weighted by Crippen LogP contribution is -2.46. The highest BCUT2D eigenvalue weighted by Crippen LogP contribution is 2.20. The first-order chi connectivity index (χ1) is 15.1. The van der Waals surface area contributed by atoms with Gasteiger partial charge in [-0.3, -0.25) is 14.4 Å². The van der Waals surface area contributed by atoms with E-state index in [0.717, 1.165) is 6.54 Å². The van der Waals surface area contributed by atoms with Crippen molar-refractivity contribution < 1.29 is 9.59 Å². The Labute approximate surface area is 189 Å². The number of carbonyl (C=O) groups is 2. The van der Waals surface area contributed by atoms with Gasteiger partial charge in [-0.25, -0.2) is 4.98 Å². The van der Waals surface area contributed by atoms with Gasteiger partial charge in [-0.1, -0.05) is 26.0 Å². The molecule has 1 aliphatic rings. The molecule has 3 rings (SSSR count). The number of H-pyrrole nitrogens is 1. The number of hydrogen-bond donors (Lipinski definition) is 2. The molecular formula is C24H35N5O3. The lowest BCUT2D eigenvalue weighted by Gasteiger charge is -2.33. The summed E-state index contributed by atoms with van der Waals surface area (Å²) in [5.74, 6) is 0.595. The number of hydrogen-bond acceptors (Lipinski definition) is 5. The molecule has 2 N–H and O–H groups in total. The van der Waals surface area contributed by atoms with Gasteiger partial charge >= 0.3 is 0 Å². The molecule has 0 aliphatic carbocycles. The molecule has 2 heterocycles. The number of aromatic nitrogens is 2. The van der Waals surface area contributed by atoms with Crippen molar-refractivity contribution >= 4 is 22.7 Å². The molecule has 0 saturated carbocycles. The molecule has 8 heteroatoms. The zero-order valence-corrected chi connectivity index (χ0v) is 19.6. The van der Waals surface area contributed by atoms with Crippen LogP contribution in [0, 0.1) is 11.3 Å². The Hall–Kier alpha value is -2.74. The zero-order chi connectivity index (χ0) is 23.3. The molecule has 1 fully saturated rings. The van der Waals surface area contributed by atoms with Crippen molar-refractivity contribution in [2.75, 3.05) is 40.3 Å². The van der Waals surface area contributed by atoms with Crippen molar-refractivity contribution in [1.82, 2.24) is 25.1 Å². The molecule has 0 spiro atoms. The topological polar surface area (TPSA) is 98.4 Å². The van der Waals surface area contributed by atoms with E-state index in [2.05, 4.69) is 34.0 Å². The van der Waals surface area contributed by atoms with Crippen molar-refractivity contribution in [2.45, 2.75) is 39.5 Å². The van der Waals surface area contributed by atoms with Crippen molar-refractivity contribution in [1.29, 1.82) is 0 Å². The van der Waals surface area contributed by atoms with Gasteiger partial charge in [0, 0.05) is 44.9 Å². The van der Waals surface area contributed by atoms with Gasteiger partial charge in [0.15, 0.2) is 0 Å². The first-order valence-corrected chi connectivity index (χ1v) is 11.3. The van der Waals surface area contributed by atoms with Crippen molar-refractivity contribution in [3.63, 3.8) is 0 Å². The molecular weight excluding hydrogens is 406 g/mol. The Morgan fingerprint density at radius 2 is 1.91 bits per heavy atom. The van der Waals surface area contributed by atoms with Crippen LogP contribution in [-0.4, -0.2) is 71.9 Å². The minimum atomic E-state index is -0.182. The van der Waals surface area contributed by atoms with Crippen LogP contribution in [0.2, 0.25) is 0 Å². The molecule has 32 heavy (non-hydrogen) atoms. The van der Waals surface area contributed by atoms with E-state index >= 15 is 0 Å². The molecule has 1 aromatic carbocycles. The molecule has 1 saturated heterocycles. The minimum Gasteiger partial charge on any atom is -0.355 e. The molecule has 1 aromatic heterocycles. The smallest absolute Gasteiger partial charge is 0.258 e. The summed E-state index contributed by atoms with van der Waals surface area (Å²) in [6.07, 6.45) is 2.03. The summed E-state index contributed by atoms with van der Waals surface area (Å²) in [7, 11) is 4.06. The molecule has 0 bridgehead atoms. The third-order valence-electron chi connectivity index (χ3n) is 5.94. The van der Waals surface area contributed by atoms with Gasteiger partial charge < -0.3 is 20.1 Å². The van der Waals surface area contributed by atoms with E-state index in [4.69, 9.17) is 0 Å². The van der Waals surface area contributed by atoms with Gasteiger partial charge in [-0.2, -0.15) is 0 Å². The van der Waals surface area contributed by atoms with Crippen LogP contribution in [0.4, 0.5) is 0 Å². The van der Waals surface area contributed by atoms with Gasteiger partial charge in [0.1, 0.15) is 5.82 Å². The number of likely N-dealkylation sites (tertiary alicyclic amines) is 1. The summed E-state index contributed by atoms with van der Waals surface area (Å²) >= 11 is 0. The fraction of sp³-hybridized carbons (Fsp3) is 0.583. The second kappa shape index (κ2) is 10.3. The van der Waals surface area contributed by atoms with E-state index in [0.29, 0.717) is 55.6 Å². The second-order valence-electron chi connectivity index (χ2n) is 9.80. The number of piperidine rings is 1. The zero-order valence-electron chi connectivity index (χ0n) is 19.6. The highest BCUT2D eigenvalue weighted by Gasteiger charge is 2.28. The fourth-order valence-corrected chi connectivity index (χ4v) is 4.41. The number of fused-ring (bicyclic) bond motifs is 1.